The minimum absolute atomic E-state index is 0.0429. The second kappa shape index (κ2) is 7.73. The monoisotopic (exact) mass is 296 g/mol. The van der Waals surface area contributed by atoms with Crippen LogP contribution in [0.15, 0.2) is 24.3 Å². The number of urea groups is 1. The minimum Gasteiger partial charge on any atom is -0.508 e. The molecule has 2 amide bonds. The summed E-state index contributed by atoms with van der Waals surface area (Å²) in [6.07, 6.45) is 0.0429. The third kappa shape index (κ3) is 5.81. The number of carbonyl (C=O) groups is 3. The molecule has 8 nitrogen and oxygen atoms in total. The highest BCUT2D eigenvalue weighted by atomic mass is 16.5. The fourth-order valence-electron chi connectivity index (χ4n) is 1.50. The van der Waals surface area contributed by atoms with Crippen LogP contribution in [0, 0.1) is 0 Å². The van der Waals surface area contributed by atoms with Gasteiger partial charge in [0.1, 0.15) is 18.3 Å². The van der Waals surface area contributed by atoms with Gasteiger partial charge in [0.15, 0.2) is 0 Å². The molecule has 1 aromatic rings. The van der Waals surface area contributed by atoms with Crippen LogP contribution in [-0.2, 0) is 20.7 Å². The number of amides is 2. The van der Waals surface area contributed by atoms with Crippen LogP contribution in [0.5, 0.6) is 5.75 Å². The quantitative estimate of drug-likeness (QED) is 0.541. The smallest absolute Gasteiger partial charge is 0.326 e. The number of esters is 1. The Morgan fingerprint density at radius 3 is 2.38 bits per heavy atom. The summed E-state index contributed by atoms with van der Waals surface area (Å²) in [5.41, 5.74) is 0.633. The zero-order chi connectivity index (χ0) is 15.8. The molecule has 0 spiro atoms. The Bertz CT molecular complexity index is 514. The molecule has 114 valence electrons. The van der Waals surface area contributed by atoms with Crippen LogP contribution in [0.3, 0.4) is 0 Å². The summed E-state index contributed by atoms with van der Waals surface area (Å²) in [5, 5.41) is 22.7. The molecule has 0 aliphatic carbocycles. The van der Waals surface area contributed by atoms with Crippen LogP contribution in [0.25, 0.3) is 0 Å². The molecule has 0 radical (unpaired) electrons. The molecule has 0 bridgehead atoms. The molecule has 4 N–H and O–H groups in total. The van der Waals surface area contributed by atoms with Crippen LogP contribution in [0.4, 0.5) is 4.79 Å². The van der Waals surface area contributed by atoms with Crippen molar-refractivity contribution in [1.29, 1.82) is 0 Å². The van der Waals surface area contributed by atoms with E-state index in [-0.39, 0.29) is 18.7 Å². The van der Waals surface area contributed by atoms with Crippen LogP contribution < -0.4 is 10.6 Å². The summed E-state index contributed by atoms with van der Waals surface area (Å²) >= 11 is 0. The van der Waals surface area contributed by atoms with Crippen molar-refractivity contribution in [3.63, 3.8) is 0 Å². The van der Waals surface area contributed by atoms with Gasteiger partial charge in [-0.15, -0.1) is 0 Å². The number of nitrogens with one attached hydrogen (secondary N) is 2. The van der Waals surface area contributed by atoms with Crippen LogP contribution >= 0.6 is 0 Å². The Hall–Kier alpha value is -2.77. The van der Waals surface area contributed by atoms with Gasteiger partial charge in [-0.25, -0.2) is 9.59 Å². The molecule has 0 saturated carbocycles. The lowest BCUT2D eigenvalue weighted by atomic mass is 10.1. The number of phenolic OH excluding ortho intramolecular Hbond substituents is 1. The maximum absolute atomic E-state index is 11.5. The first-order chi connectivity index (χ1) is 9.92. The number of hydrogen-bond donors (Lipinski definition) is 4. The Balaban J connectivity index is 2.57. The van der Waals surface area contributed by atoms with Crippen molar-refractivity contribution in [3.05, 3.63) is 29.8 Å². The zero-order valence-corrected chi connectivity index (χ0v) is 11.3. The van der Waals surface area contributed by atoms with Gasteiger partial charge in [0.2, 0.25) is 0 Å². The summed E-state index contributed by atoms with van der Waals surface area (Å²) in [6.45, 7) is -0.353. The van der Waals surface area contributed by atoms with Gasteiger partial charge in [0.05, 0.1) is 7.11 Å². The van der Waals surface area contributed by atoms with Crippen molar-refractivity contribution < 1.29 is 29.3 Å². The van der Waals surface area contributed by atoms with Gasteiger partial charge in [-0.3, -0.25) is 4.79 Å². The molecular formula is C13H16N2O6. The highest BCUT2D eigenvalue weighted by Crippen LogP contribution is 2.11. The Morgan fingerprint density at radius 1 is 1.24 bits per heavy atom. The predicted molar refractivity (Wildman–Crippen MR) is 71.8 cm³/mol. The molecule has 0 aromatic heterocycles. The number of ether oxygens (including phenoxy) is 1. The third-order valence-corrected chi connectivity index (χ3v) is 2.60. The minimum atomic E-state index is -1.21. The largest absolute Gasteiger partial charge is 0.508 e. The van der Waals surface area contributed by atoms with Crippen molar-refractivity contribution in [2.24, 2.45) is 0 Å². The standard InChI is InChI=1S/C13H16N2O6/c1-21-11(17)7-14-13(20)15-10(12(18)19)6-8-2-4-9(16)5-3-8/h2-5,10,16H,6-7H2,1H3,(H,18,19)(H2,14,15,20)/t10-/m1/s1. The second-order valence-electron chi connectivity index (χ2n) is 4.16. The van der Waals surface area contributed by atoms with Crippen molar-refractivity contribution in [3.8, 4) is 5.75 Å². The van der Waals surface area contributed by atoms with Gasteiger partial charge in [0, 0.05) is 6.42 Å². The number of methoxy groups -OCH3 is 1. The Morgan fingerprint density at radius 2 is 1.86 bits per heavy atom. The number of benzene rings is 1. The molecule has 0 unspecified atom stereocenters. The normalized spacial score (nSPS) is 11.3. The van der Waals surface area contributed by atoms with E-state index in [9.17, 15) is 14.4 Å². The van der Waals surface area contributed by atoms with Gasteiger partial charge in [-0.1, -0.05) is 12.1 Å². The summed E-state index contributed by atoms with van der Waals surface area (Å²) in [5.74, 6) is -1.79. The summed E-state index contributed by atoms with van der Waals surface area (Å²) in [4.78, 5) is 33.5. The second-order valence-corrected chi connectivity index (χ2v) is 4.16. The van der Waals surface area contributed by atoms with Crippen LogP contribution in [-0.4, -0.2) is 47.9 Å². The molecule has 0 aliphatic heterocycles. The molecule has 1 rings (SSSR count). The van der Waals surface area contributed by atoms with Crippen molar-refractivity contribution in [2.45, 2.75) is 12.5 Å². The van der Waals surface area contributed by atoms with E-state index in [0.29, 0.717) is 5.56 Å². The summed E-state index contributed by atoms with van der Waals surface area (Å²) < 4.78 is 4.34. The summed E-state index contributed by atoms with van der Waals surface area (Å²) in [7, 11) is 1.17. The molecular weight excluding hydrogens is 280 g/mol. The first kappa shape index (κ1) is 16.3. The molecule has 1 atom stereocenters. The van der Waals surface area contributed by atoms with E-state index in [1.165, 1.54) is 19.2 Å². The van der Waals surface area contributed by atoms with Gasteiger partial charge >= 0.3 is 18.0 Å². The van der Waals surface area contributed by atoms with Gasteiger partial charge in [-0.2, -0.15) is 0 Å². The lowest BCUT2D eigenvalue weighted by Crippen LogP contribution is -2.48. The van der Waals surface area contributed by atoms with E-state index >= 15 is 0 Å². The summed E-state index contributed by atoms with van der Waals surface area (Å²) in [6, 6.07) is 4.01. The Labute approximate surface area is 120 Å². The molecule has 0 aliphatic rings. The van der Waals surface area contributed by atoms with Crippen molar-refractivity contribution in [1.82, 2.24) is 10.6 Å². The highest BCUT2D eigenvalue weighted by molar-refractivity contribution is 5.85. The average Bonchev–Trinajstić information content (AvgIpc) is 2.46. The molecule has 21 heavy (non-hydrogen) atoms. The van der Waals surface area contributed by atoms with E-state index < -0.39 is 24.0 Å². The van der Waals surface area contributed by atoms with Crippen molar-refractivity contribution in [2.75, 3.05) is 13.7 Å². The van der Waals surface area contributed by atoms with Gasteiger partial charge < -0.3 is 25.6 Å². The number of phenols is 1. The zero-order valence-electron chi connectivity index (χ0n) is 11.3. The first-order valence-corrected chi connectivity index (χ1v) is 6.04. The average molecular weight is 296 g/mol. The van der Waals surface area contributed by atoms with E-state index in [0.717, 1.165) is 0 Å². The molecule has 0 saturated heterocycles. The van der Waals surface area contributed by atoms with E-state index in [1.54, 1.807) is 12.1 Å². The number of carbonyl (C=O) groups excluding carboxylic acids is 2. The highest BCUT2D eigenvalue weighted by Gasteiger charge is 2.20. The van der Waals surface area contributed by atoms with Crippen LogP contribution in [0.2, 0.25) is 0 Å². The fourth-order valence-corrected chi connectivity index (χ4v) is 1.50. The lowest BCUT2D eigenvalue weighted by Gasteiger charge is -2.15. The van der Waals surface area contributed by atoms with Gasteiger partial charge in [0.25, 0.3) is 0 Å². The first-order valence-electron chi connectivity index (χ1n) is 6.04. The van der Waals surface area contributed by atoms with Crippen molar-refractivity contribution >= 4 is 18.0 Å². The number of carboxylic acids is 1. The lowest BCUT2D eigenvalue weighted by molar-refractivity contribution is -0.139. The van der Waals surface area contributed by atoms with E-state index in [2.05, 4.69) is 15.4 Å². The van der Waals surface area contributed by atoms with E-state index in [1.807, 2.05) is 0 Å². The molecule has 0 heterocycles. The maximum atomic E-state index is 11.5. The number of hydrogen-bond acceptors (Lipinski definition) is 5. The van der Waals surface area contributed by atoms with Crippen LogP contribution in [0.1, 0.15) is 5.56 Å². The molecule has 1 aromatic carbocycles. The maximum Gasteiger partial charge on any atom is 0.326 e. The third-order valence-electron chi connectivity index (χ3n) is 2.60. The Kier molecular flexibility index (Phi) is 5.99. The number of aromatic hydroxyl groups is 1. The topological polar surface area (TPSA) is 125 Å². The number of aliphatic carboxylic acids is 1. The molecule has 0 fully saturated rings. The predicted octanol–water partition coefficient (Wildman–Crippen LogP) is -0.140. The number of rotatable bonds is 6. The van der Waals surface area contributed by atoms with E-state index in [4.69, 9.17) is 10.2 Å². The fraction of sp³-hybridized carbons (Fsp3) is 0.308. The van der Waals surface area contributed by atoms with Gasteiger partial charge in [-0.05, 0) is 17.7 Å². The number of carboxylic acid groups (broad SMARTS) is 1. The molecule has 8 heteroatoms. The SMILES string of the molecule is COC(=O)CNC(=O)N[C@H](Cc1ccc(O)cc1)C(=O)O.